The SMILES string of the molecule is O=C(O)c1ccc(Oc2cccc(C(=O)OC(=O)c3cccc(Oc4ccc(C(=O)O)cc4)c3)c2)cc1. The van der Waals surface area contributed by atoms with Gasteiger partial charge in [-0.2, -0.15) is 0 Å². The number of carboxylic acid groups (broad SMARTS) is 2. The highest BCUT2D eigenvalue weighted by molar-refractivity contribution is 6.02. The van der Waals surface area contributed by atoms with E-state index >= 15 is 0 Å². The Labute approximate surface area is 210 Å². The Kier molecular flexibility index (Phi) is 7.25. The average Bonchev–Trinajstić information content (AvgIpc) is 2.89. The molecule has 0 atom stereocenters. The summed E-state index contributed by atoms with van der Waals surface area (Å²) < 4.78 is 16.3. The van der Waals surface area contributed by atoms with Gasteiger partial charge in [-0.3, -0.25) is 0 Å². The number of rotatable bonds is 8. The van der Waals surface area contributed by atoms with Gasteiger partial charge in [-0.05, 0) is 84.9 Å². The summed E-state index contributed by atoms with van der Waals surface area (Å²) in [5, 5.41) is 18.0. The third-order valence-corrected chi connectivity index (χ3v) is 5.00. The third-order valence-electron chi connectivity index (χ3n) is 5.00. The Morgan fingerprint density at radius 3 is 1.19 bits per heavy atom. The second-order valence-electron chi connectivity index (χ2n) is 7.60. The van der Waals surface area contributed by atoms with E-state index < -0.39 is 23.9 Å². The van der Waals surface area contributed by atoms with Gasteiger partial charge in [-0.1, -0.05) is 12.1 Å². The van der Waals surface area contributed by atoms with Gasteiger partial charge in [0.25, 0.3) is 0 Å². The lowest BCUT2D eigenvalue weighted by atomic mass is 10.2. The number of benzene rings is 4. The lowest BCUT2D eigenvalue weighted by Crippen LogP contribution is -2.13. The van der Waals surface area contributed by atoms with Crippen LogP contribution in [0.2, 0.25) is 0 Å². The summed E-state index contributed by atoms with van der Waals surface area (Å²) in [6.45, 7) is 0. The molecule has 9 nitrogen and oxygen atoms in total. The van der Waals surface area contributed by atoms with Crippen LogP contribution in [0.5, 0.6) is 23.0 Å². The third kappa shape index (κ3) is 6.37. The number of aromatic carboxylic acids is 2. The first-order valence-corrected chi connectivity index (χ1v) is 10.8. The molecule has 0 amide bonds. The van der Waals surface area contributed by atoms with Crippen LogP contribution >= 0.6 is 0 Å². The van der Waals surface area contributed by atoms with Crippen molar-refractivity contribution in [2.24, 2.45) is 0 Å². The fourth-order valence-corrected chi connectivity index (χ4v) is 3.18. The van der Waals surface area contributed by atoms with Crippen LogP contribution in [0.4, 0.5) is 0 Å². The molecule has 184 valence electrons. The zero-order valence-corrected chi connectivity index (χ0v) is 19.0. The molecule has 4 aromatic carbocycles. The first-order valence-electron chi connectivity index (χ1n) is 10.8. The maximum Gasteiger partial charge on any atom is 0.346 e. The lowest BCUT2D eigenvalue weighted by Gasteiger charge is -2.09. The van der Waals surface area contributed by atoms with Crippen LogP contribution in [0.15, 0.2) is 97.1 Å². The summed E-state index contributed by atoms with van der Waals surface area (Å²) in [4.78, 5) is 47.1. The molecule has 0 aliphatic carbocycles. The molecule has 0 spiro atoms. The minimum absolute atomic E-state index is 0.0685. The van der Waals surface area contributed by atoms with Gasteiger partial charge in [0.05, 0.1) is 22.3 Å². The topological polar surface area (TPSA) is 136 Å². The molecule has 9 heteroatoms. The Balaban J connectivity index is 1.41. The van der Waals surface area contributed by atoms with Gasteiger partial charge in [0.2, 0.25) is 0 Å². The maximum absolute atomic E-state index is 12.6. The molecular weight excluding hydrogens is 480 g/mol. The van der Waals surface area contributed by atoms with Crippen molar-refractivity contribution in [3.63, 3.8) is 0 Å². The van der Waals surface area contributed by atoms with Crippen molar-refractivity contribution in [1.29, 1.82) is 0 Å². The summed E-state index contributed by atoms with van der Waals surface area (Å²) in [5.74, 6) is -2.62. The van der Waals surface area contributed by atoms with Crippen LogP contribution in [0.1, 0.15) is 41.4 Å². The molecule has 0 bridgehead atoms. The van der Waals surface area contributed by atoms with Crippen LogP contribution in [0.3, 0.4) is 0 Å². The smallest absolute Gasteiger partial charge is 0.346 e. The van der Waals surface area contributed by atoms with Gasteiger partial charge in [0.1, 0.15) is 23.0 Å². The quantitative estimate of drug-likeness (QED) is 0.233. The minimum atomic E-state index is -1.06. The van der Waals surface area contributed by atoms with Crippen LogP contribution in [-0.4, -0.2) is 34.1 Å². The van der Waals surface area contributed by atoms with Gasteiger partial charge >= 0.3 is 23.9 Å². The van der Waals surface area contributed by atoms with E-state index in [4.69, 9.17) is 24.4 Å². The molecule has 0 aliphatic rings. The highest BCUT2D eigenvalue weighted by atomic mass is 16.6. The number of carbonyl (C=O) groups is 4. The van der Waals surface area contributed by atoms with Crippen LogP contribution < -0.4 is 9.47 Å². The fourth-order valence-electron chi connectivity index (χ4n) is 3.18. The molecule has 0 saturated carbocycles. The van der Waals surface area contributed by atoms with E-state index in [-0.39, 0.29) is 33.8 Å². The Morgan fingerprint density at radius 1 is 0.459 bits per heavy atom. The fraction of sp³-hybridized carbons (Fsp3) is 0. The van der Waals surface area contributed by atoms with Crippen LogP contribution in [0.25, 0.3) is 0 Å². The van der Waals surface area contributed by atoms with Crippen molar-refractivity contribution in [3.05, 3.63) is 119 Å². The molecule has 2 N–H and O–H groups in total. The normalized spacial score (nSPS) is 10.3. The summed E-state index contributed by atoms with van der Waals surface area (Å²) in [6, 6.07) is 23.4. The van der Waals surface area contributed by atoms with Crippen molar-refractivity contribution >= 4 is 23.9 Å². The van der Waals surface area contributed by atoms with Gasteiger partial charge in [-0.25, -0.2) is 19.2 Å². The molecule has 0 fully saturated rings. The van der Waals surface area contributed by atoms with Gasteiger partial charge < -0.3 is 24.4 Å². The molecule has 37 heavy (non-hydrogen) atoms. The Morgan fingerprint density at radius 2 is 0.838 bits per heavy atom. The summed E-state index contributed by atoms with van der Waals surface area (Å²) >= 11 is 0. The molecule has 0 aliphatic heterocycles. The number of ether oxygens (including phenoxy) is 3. The molecule has 0 aromatic heterocycles. The van der Waals surface area contributed by atoms with E-state index in [1.54, 1.807) is 24.3 Å². The van der Waals surface area contributed by atoms with Gasteiger partial charge in [-0.15, -0.1) is 0 Å². The second-order valence-corrected chi connectivity index (χ2v) is 7.60. The molecule has 0 unspecified atom stereocenters. The predicted molar refractivity (Wildman–Crippen MR) is 130 cm³/mol. The van der Waals surface area contributed by atoms with Crippen molar-refractivity contribution in [1.82, 2.24) is 0 Å². The maximum atomic E-state index is 12.6. The molecule has 4 rings (SSSR count). The monoisotopic (exact) mass is 498 g/mol. The highest BCUT2D eigenvalue weighted by Crippen LogP contribution is 2.25. The number of esters is 2. The van der Waals surface area contributed by atoms with E-state index in [0.29, 0.717) is 11.5 Å². The van der Waals surface area contributed by atoms with Crippen molar-refractivity contribution in [3.8, 4) is 23.0 Å². The molecule has 4 aromatic rings. The minimum Gasteiger partial charge on any atom is -0.478 e. The van der Waals surface area contributed by atoms with E-state index in [9.17, 15) is 19.2 Å². The van der Waals surface area contributed by atoms with E-state index in [2.05, 4.69) is 0 Å². The number of hydrogen-bond acceptors (Lipinski definition) is 7. The first kappa shape index (κ1) is 24.7. The van der Waals surface area contributed by atoms with Gasteiger partial charge in [0.15, 0.2) is 0 Å². The lowest BCUT2D eigenvalue weighted by molar-refractivity contribution is 0.0396. The molecular formula is C28H18O9. The molecule has 0 saturated heterocycles. The van der Waals surface area contributed by atoms with E-state index in [1.165, 1.54) is 72.8 Å². The van der Waals surface area contributed by atoms with E-state index in [1.807, 2.05) is 0 Å². The van der Waals surface area contributed by atoms with Crippen molar-refractivity contribution in [2.45, 2.75) is 0 Å². The zero-order valence-electron chi connectivity index (χ0n) is 19.0. The van der Waals surface area contributed by atoms with Crippen LogP contribution in [-0.2, 0) is 4.74 Å². The number of hydrogen-bond donors (Lipinski definition) is 2. The molecule has 0 radical (unpaired) electrons. The molecule has 0 heterocycles. The number of carboxylic acids is 2. The Bertz CT molecular complexity index is 1360. The standard InChI is InChI=1S/C28H18O9/c29-25(30)17-7-11-21(12-8-17)35-23-5-1-3-19(15-23)27(33)37-28(34)20-4-2-6-24(16-20)36-22-13-9-18(10-14-22)26(31)32/h1-16H,(H,29,30)(H,31,32). The summed E-state index contributed by atoms with van der Waals surface area (Å²) in [5.41, 5.74) is 0.348. The number of carbonyl (C=O) groups excluding carboxylic acids is 2. The van der Waals surface area contributed by atoms with Crippen molar-refractivity contribution < 1.29 is 43.6 Å². The summed E-state index contributed by atoms with van der Waals surface area (Å²) in [7, 11) is 0. The van der Waals surface area contributed by atoms with E-state index in [0.717, 1.165) is 0 Å². The zero-order chi connectivity index (χ0) is 26.4. The van der Waals surface area contributed by atoms with Gasteiger partial charge in [0, 0.05) is 0 Å². The highest BCUT2D eigenvalue weighted by Gasteiger charge is 2.17. The van der Waals surface area contributed by atoms with Crippen LogP contribution in [0, 0.1) is 0 Å². The first-order chi connectivity index (χ1) is 17.8. The largest absolute Gasteiger partial charge is 0.478 e. The summed E-state index contributed by atoms with van der Waals surface area (Å²) in [6.07, 6.45) is 0. The average molecular weight is 498 g/mol. The Hall–Kier alpha value is -5.44. The predicted octanol–water partition coefficient (Wildman–Crippen LogP) is 5.66. The van der Waals surface area contributed by atoms with Crippen molar-refractivity contribution in [2.75, 3.05) is 0 Å². The second kappa shape index (κ2) is 10.9.